The Balaban J connectivity index is 0.991. The Morgan fingerprint density at radius 2 is 0.826 bits per heavy atom. The molecule has 0 unspecified atom stereocenters. The van der Waals surface area contributed by atoms with Crippen LogP contribution in [0.3, 0.4) is 0 Å². The average molecular weight is 595 g/mol. The first-order chi connectivity index (χ1) is 22.6. The van der Waals surface area contributed by atoms with E-state index < -0.39 is 0 Å². The third kappa shape index (κ3) is 6.42. The highest BCUT2D eigenvalue weighted by molar-refractivity contribution is 5.75. The van der Waals surface area contributed by atoms with Crippen LogP contribution < -0.4 is 0 Å². The zero-order valence-electron chi connectivity index (χ0n) is 26.0. The molecule has 0 atom stereocenters. The number of hydrogen-bond donors (Lipinski definition) is 0. The second-order valence-corrected chi connectivity index (χ2v) is 11.4. The van der Waals surface area contributed by atoms with Crippen molar-refractivity contribution in [2.24, 2.45) is 0 Å². The fourth-order valence-corrected chi connectivity index (χ4v) is 5.57. The molecule has 0 spiro atoms. The van der Waals surface area contributed by atoms with E-state index in [0.29, 0.717) is 0 Å². The molecule has 46 heavy (non-hydrogen) atoms. The van der Waals surface area contributed by atoms with Gasteiger partial charge in [-0.15, -0.1) is 0 Å². The van der Waals surface area contributed by atoms with Crippen molar-refractivity contribution in [3.8, 4) is 33.9 Å². The summed E-state index contributed by atoms with van der Waals surface area (Å²) < 4.78 is 3.86. The lowest BCUT2D eigenvalue weighted by atomic mass is 10.1. The molecule has 7 rings (SSSR count). The number of nitrogens with zero attached hydrogens (tertiary/aromatic N) is 4. The van der Waals surface area contributed by atoms with Crippen LogP contribution in [-0.4, -0.2) is 19.6 Å². The van der Waals surface area contributed by atoms with Gasteiger partial charge in [-0.3, -0.25) is 0 Å². The molecule has 0 saturated heterocycles. The second kappa shape index (κ2) is 12.9. The largest absolute Gasteiger partial charge is 0.240 e. The standard InChI is InChI=1S/C42H34N4/c1-31-8-3-5-12-39(31)41-26-28-45(43-41)37-22-18-33(19-23-37)14-16-35-10-7-11-36(30-35)17-15-34-20-24-38(25-21-34)46-29-27-42(44-46)40-13-6-4-9-32(40)2/h3-30H,1-2H3. The van der Waals surface area contributed by atoms with Gasteiger partial charge in [0.05, 0.1) is 22.8 Å². The van der Waals surface area contributed by atoms with Crippen LogP contribution in [0.1, 0.15) is 33.4 Å². The molecule has 0 aliphatic rings. The van der Waals surface area contributed by atoms with E-state index in [2.05, 4.69) is 172 Å². The molecule has 4 nitrogen and oxygen atoms in total. The molecule has 2 aromatic heterocycles. The molecular weight excluding hydrogens is 560 g/mol. The zero-order valence-corrected chi connectivity index (χ0v) is 26.0. The molecule has 0 bridgehead atoms. The molecule has 0 aliphatic carbocycles. The van der Waals surface area contributed by atoms with Crippen LogP contribution in [0, 0.1) is 13.8 Å². The van der Waals surface area contributed by atoms with Crippen molar-refractivity contribution in [2.45, 2.75) is 13.8 Å². The second-order valence-electron chi connectivity index (χ2n) is 11.4. The summed E-state index contributed by atoms with van der Waals surface area (Å²) in [6, 6.07) is 46.3. The van der Waals surface area contributed by atoms with Crippen LogP contribution in [0.15, 0.2) is 146 Å². The maximum absolute atomic E-state index is 4.80. The highest BCUT2D eigenvalue weighted by Gasteiger charge is 2.07. The fraction of sp³-hybridized carbons (Fsp3) is 0.0476. The number of benzene rings is 5. The molecule has 0 N–H and O–H groups in total. The van der Waals surface area contributed by atoms with Gasteiger partial charge >= 0.3 is 0 Å². The molecular formula is C42H34N4. The van der Waals surface area contributed by atoms with Crippen LogP contribution in [0.2, 0.25) is 0 Å². The summed E-state index contributed by atoms with van der Waals surface area (Å²) in [5.41, 5.74) is 13.4. The number of rotatable bonds is 8. The van der Waals surface area contributed by atoms with Gasteiger partial charge < -0.3 is 0 Å². The van der Waals surface area contributed by atoms with Crippen LogP contribution in [0.4, 0.5) is 0 Å². The predicted molar refractivity (Wildman–Crippen MR) is 192 cm³/mol. The highest BCUT2D eigenvalue weighted by atomic mass is 15.3. The summed E-state index contributed by atoms with van der Waals surface area (Å²) in [5.74, 6) is 0. The van der Waals surface area contributed by atoms with Crippen molar-refractivity contribution < 1.29 is 0 Å². The predicted octanol–water partition coefficient (Wildman–Crippen LogP) is 10.3. The van der Waals surface area contributed by atoms with E-state index >= 15 is 0 Å². The van der Waals surface area contributed by atoms with Gasteiger partial charge in [0.1, 0.15) is 0 Å². The topological polar surface area (TPSA) is 35.6 Å². The van der Waals surface area contributed by atoms with Crippen molar-refractivity contribution in [2.75, 3.05) is 0 Å². The van der Waals surface area contributed by atoms with Gasteiger partial charge in [-0.25, -0.2) is 9.36 Å². The summed E-state index contributed by atoms with van der Waals surface area (Å²) in [7, 11) is 0. The average Bonchev–Trinajstić information content (AvgIpc) is 3.79. The molecule has 0 saturated carbocycles. The van der Waals surface area contributed by atoms with Gasteiger partial charge in [-0.1, -0.05) is 115 Å². The first kappa shape index (κ1) is 28.8. The molecule has 0 aliphatic heterocycles. The van der Waals surface area contributed by atoms with Crippen LogP contribution >= 0.6 is 0 Å². The summed E-state index contributed by atoms with van der Waals surface area (Å²) in [6.45, 7) is 4.23. The summed E-state index contributed by atoms with van der Waals surface area (Å²) in [6.07, 6.45) is 12.6. The van der Waals surface area contributed by atoms with Crippen molar-refractivity contribution in [1.29, 1.82) is 0 Å². The van der Waals surface area contributed by atoms with Gasteiger partial charge in [0.2, 0.25) is 0 Å². The Labute approximate surface area is 270 Å². The zero-order chi connectivity index (χ0) is 31.3. The maximum atomic E-state index is 4.80. The normalized spacial score (nSPS) is 11.5. The quantitative estimate of drug-likeness (QED) is 0.164. The minimum atomic E-state index is 0.981. The molecule has 0 fully saturated rings. The summed E-state index contributed by atoms with van der Waals surface area (Å²) in [5, 5.41) is 9.61. The van der Waals surface area contributed by atoms with Crippen LogP contribution in [-0.2, 0) is 0 Å². The molecule has 5 aromatic carbocycles. The van der Waals surface area contributed by atoms with Crippen molar-refractivity contribution in [3.05, 3.63) is 179 Å². The Morgan fingerprint density at radius 3 is 1.26 bits per heavy atom. The molecule has 0 amide bonds. The highest BCUT2D eigenvalue weighted by Crippen LogP contribution is 2.24. The Morgan fingerprint density at radius 1 is 0.413 bits per heavy atom. The number of aromatic nitrogens is 4. The maximum Gasteiger partial charge on any atom is 0.0930 e. The van der Waals surface area contributed by atoms with E-state index in [-0.39, 0.29) is 0 Å². The molecule has 222 valence electrons. The van der Waals surface area contributed by atoms with Crippen molar-refractivity contribution >= 4 is 24.3 Å². The molecule has 4 heteroatoms. The number of aryl methyl sites for hydroxylation is 2. The molecule has 0 radical (unpaired) electrons. The van der Waals surface area contributed by atoms with Gasteiger partial charge in [0.15, 0.2) is 0 Å². The van der Waals surface area contributed by atoms with E-state index in [1.165, 1.54) is 11.1 Å². The van der Waals surface area contributed by atoms with Gasteiger partial charge in [-0.05, 0) is 89.7 Å². The first-order valence-electron chi connectivity index (χ1n) is 15.5. The van der Waals surface area contributed by atoms with Crippen molar-refractivity contribution in [1.82, 2.24) is 19.6 Å². The smallest absolute Gasteiger partial charge is 0.0930 e. The minimum Gasteiger partial charge on any atom is -0.240 e. The molecule has 2 heterocycles. The van der Waals surface area contributed by atoms with Crippen LogP contribution in [0.5, 0.6) is 0 Å². The monoisotopic (exact) mass is 594 g/mol. The lowest BCUT2D eigenvalue weighted by molar-refractivity contribution is 0.884. The first-order valence-corrected chi connectivity index (χ1v) is 15.5. The van der Waals surface area contributed by atoms with Gasteiger partial charge in [-0.2, -0.15) is 10.2 Å². The van der Waals surface area contributed by atoms with E-state index in [1.54, 1.807) is 0 Å². The number of hydrogen-bond acceptors (Lipinski definition) is 2. The Bertz CT molecular complexity index is 2010. The lowest BCUT2D eigenvalue weighted by Crippen LogP contribution is -1.95. The lowest BCUT2D eigenvalue weighted by Gasteiger charge is -2.04. The Hall–Kier alpha value is -6.00. The fourth-order valence-electron chi connectivity index (χ4n) is 5.57. The molecule has 7 aromatic rings. The van der Waals surface area contributed by atoms with E-state index in [0.717, 1.165) is 56.1 Å². The Kier molecular flexibility index (Phi) is 8.08. The van der Waals surface area contributed by atoms with E-state index in [1.807, 2.05) is 21.8 Å². The van der Waals surface area contributed by atoms with Gasteiger partial charge in [0, 0.05) is 23.5 Å². The minimum absolute atomic E-state index is 0.981. The van der Waals surface area contributed by atoms with E-state index in [4.69, 9.17) is 10.2 Å². The van der Waals surface area contributed by atoms with Crippen LogP contribution in [0.25, 0.3) is 58.2 Å². The van der Waals surface area contributed by atoms with Gasteiger partial charge in [0.25, 0.3) is 0 Å². The summed E-state index contributed by atoms with van der Waals surface area (Å²) >= 11 is 0. The van der Waals surface area contributed by atoms with Crippen molar-refractivity contribution in [3.63, 3.8) is 0 Å². The third-order valence-corrected chi connectivity index (χ3v) is 8.18. The SMILES string of the molecule is Cc1ccccc1-c1ccn(-c2ccc(C=Cc3cccc(C=Cc4ccc(-n5ccc(-c6ccccc6C)n5)cc4)c3)cc2)n1. The third-order valence-electron chi connectivity index (χ3n) is 8.18. The summed E-state index contributed by atoms with van der Waals surface area (Å²) in [4.78, 5) is 0. The van der Waals surface area contributed by atoms with E-state index in [9.17, 15) is 0 Å².